The van der Waals surface area contributed by atoms with Gasteiger partial charge in [-0.1, -0.05) is 23.4 Å². The zero-order chi connectivity index (χ0) is 52.7. The molecule has 0 spiro atoms. The molecule has 0 radical (unpaired) electrons. The summed E-state index contributed by atoms with van der Waals surface area (Å²) in [6.07, 6.45) is -0.617. The number of carboxylic acid groups (broad SMARTS) is 6. The van der Waals surface area contributed by atoms with Crippen LogP contribution in [0.15, 0.2) is 40.2 Å². The molecule has 0 bridgehead atoms. The monoisotopic (exact) mass is 1030 g/mol. The van der Waals surface area contributed by atoms with Gasteiger partial charge in [-0.3, -0.25) is 53.2 Å². The van der Waals surface area contributed by atoms with Crippen molar-refractivity contribution in [2.24, 2.45) is 0 Å². The normalized spacial score (nSPS) is 15.7. The first kappa shape index (κ1) is 57.3. The zero-order valence-corrected chi connectivity index (χ0v) is 40.0. The van der Waals surface area contributed by atoms with Gasteiger partial charge in [0.15, 0.2) is 11.5 Å². The van der Waals surface area contributed by atoms with Crippen molar-refractivity contribution in [3.8, 4) is 0 Å². The average molecular weight is 1030 g/mol. The van der Waals surface area contributed by atoms with Crippen LogP contribution in [0.25, 0.3) is 10.1 Å². The molecule has 27 nitrogen and oxygen atoms in total. The van der Waals surface area contributed by atoms with Crippen molar-refractivity contribution in [1.29, 1.82) is 0 Å². The highest BCUT2D eigenvalue weighted by Gasteiger charge is 2.28. The minimum Gasteiger partial charge on any atom is -0.481 e. The lowest BCUT2D eigenvalue weighted by Crippen LogP contribution is -2.51. The van der Waals surface area contributed by atoms with Gasteiger partial charge in [-0.25, -0.2) is 14.4 Å². The Balaban J connectivity index is 1.35. The van der Waals surface area contributed by atoms with E-state index in [1.807, 2.05) is 29.6 Å². The van der Waals surface area contributed by atoms with Gasteiger partial charge >= 0.3 is 41.8 Å². The second kappa shape index (κ2) is 29.2. The molecule has 1 aliphatic rings. The van der Waals surface area contributed by atoms with E-state index in [1.54, 1.807) is 19.6 Å². The Morgan fingerprint density at radius 3 is 1.68 bits per heavy atom. The highest BCUT2D eigenvalue weighted by molar-refractivity contribution is 7.17. The largest absolute Gasteiger partial charge is 0.481 e. The summed E-state index contributed by atoms with van der Waals surface area (Å²) in [4.78, 5) is 128. The maximum atomic E-state index is 13.7. The highest BCUT2D eigenvalue weighted by atomic mass is 32.1. The summed E-state index contributed by atoms with van der Waals surface area (Å²) in [5, 5.41) is 75.1. The number of amides is 5. The number of fused-ring (bicyclic) bond motifs is 1. The standard InChI is InChI=1S/C44H60N10O17S/c55-35(22-51-11-13-52(23-37(58)59)15-17-54(25-39(62)63)18-16-53(14-12-51)24-38(60)61)46-21-28-20-33(50-71-28)41(65)47-32(19-27-26-72-34-7-2-1-5-29(27)34)40(64)45-10-4-3-6-30(42(66)67)48-44(70)49-31(43(68)69)8-9-36(56)57/h1-2,5,7,20,26,30-32H,3-4,6,8-19,21-25H2,(H,45,64)(H,46,55)(H,47,65)(H,56,57)(H,58,59)(H,60,61)(H,62,63)(H,66,67)(H,68,69)(H2,48,49,70)/t30-,31-,32-/m0/s1. The summed E-state index contributed by atoms with van der Waals surface area (Å²) in [5.74, 6) is -9.20. The number of aliphatic carboxylic acids is 6. The summed E-state index contributed by atoms with van der Waals surface area (Å²) in [6.45, 7) is 0.349. The van der Waals surface area contributed by atoms with E-state index in [4.69, 9.17) is 9.63 Å². The summed E-state index contributed by atoms with van der Waals surface area (Å²) in [5.41, 5.74) is 0.562. The average Bonchev–Trinajstić information content (AvgIpc) is 3.96. The molecule has 394 valence electrons. The molecule has 1 aromatic carbocycles. The summed E-state index contributed by atoms with van der Waals surface area (Å²) >= 11 is 1.45. The number of rotatable bonds is 27. The number of hydrogen-bond donors (Lipinski definition) is 11. The first-order valence-electron chi connectivity index (χ1n) is 22.8. The van der Waals surface area contributed by atoms with Gasteiger partial charge < -0.3 is 61.7 Å². The Labute approximate surface area is 415 Å². The van der Waals surface area contributed by atoms with E-state index in [9.17, 15) is 73.5 Å². The molecule has 3 aromatic rings. The number of thiophene rings is 1. The second-order valence-electron chi connectivity index (χ2n) is 16.8. The Morgan fingerprint density at radius 2 is 1.15 bits per heavy atom. The number of carbonyl (C=O) groups excluding carboxylic acids is 4. The lowest BCUT2D eigenvalue weighted by molar-refractivity contribution is -0.141. The van der Waals surface area contributed by atoms with Gasteiger partial charge in [-0.05, 0) is 48.1 Å². The predicted molar refractivity (Wildman–Crippen MR) is 252 cm³/mol. The Morgan fingerprint density at radius 1 is 0.625 bits per heavy atom. The van der Waals surface area contributed by atoms with E-state index in [0.717, 1.165) is 15.6 Å². The molecule has 28 heteroatoms. The van der Waals surface area contributed by atoms with Gasteiger partial charge in [0.2, 0.25) is 11.8 Å². The van der Waals surface area contributed by atoms with E-state index < -0.39 is 90.5 Å². The predicted octanol–water partition coefficient (Wildman–Crippen LogP) is -1.32. The van der Waals surface area contributed by atoms with Crippen LogP contribution in [-0.4, -0.2) is 218 Å². The third-order valence-electron chi connectivity index (χ3n) is 11.3. The van der Waals surface area contributed by atoms with Crippen LogP contribution in [0.1, 0.15) is 53.9 Å². The Kier molecular flexibility index (Phi) is 23.2. The number of hydrogen-bond acceptors (Lipinski definition) is 17. The third-order valence-corrected chi connectivity index (χ3v) is 12.3. The first-order chi connectivity index (χ1) is 34.3. The SMILES string of the molecule is O=C(O)CC[C@H](NC(=O)N[C@@H](CCCCNC(=O)[C@H](Cc1csc2ccccc12)NC(=O)c1cc(CNC(=O)CN2CCN(CC(=O)O)CCN(CC(=O)O)CCN(CC(=O)O)CC2)on1)C(=O)O)C(=O)O. The molecule has 3 atom stereocenters. The zero-order valence-electron chi connectivity index (χ0n) is 39.2. The lowest BCUT2D eigenvalue weighted by Gasteiger charge is -2.32. The molecule has 0 aliphatic carbocycles. The van der Waals surface area contributed by atoms with Crippen molar-refractivity contribution in [1.82, 2.24) is 51.3 Å². The Hall–Kier alpha value is -7.27. The summed E-state index contributed by atoms with van der Waals surface area (Å²) in [6, 6.07) is 3.49. The molecule has 3 heterocycles. The maximum Gasteiger partial charge on any atom is 0.326 e. The molecule has 1 saturated heterocycles. The minimum atomic E-state index is -1.57. The van der Waals surface area contributed by atoms with E-state index in [0.29, 0.717) is 0 Å². The van der Waals surface area contributed by atoms with Gasteiger partial charge in [-0.15, -0.1) is 11.3 Å². The molecular formula is C44H60N10O17S. The smallest absolute Gasteiger partial charge is 0.326 e. The van der Waals surface area contributed by atoms with E-state index in [-0.39, 0.29) is 129 Å². The maximum absolute atomic E-state index is 13.7. The van der Waals surface area contributed by atoms with Crippen LogP contribution in [0.3, 0.4) is 0 Å². The molecule has 4 rings (SSSR count). The molecule has 1 aliphatic heterocycles. The first-order valence-corrected chi connectivity index (χ1v) is 23.7. The fraction of sp³-hybridized carbons (Fsp3) is 0.523. The van der Waals surface area contributed by atoms with Gasteiger partial charge in [0, 0.05) is 82.5 Å². The van der Waals surface area contributed by atoms with Crippen LogP contribution >= 0.6 is 11.3 Å². The van der Waals surface area contributed by atoms with Crippen molar-refractivity contribution >= 4 is 81.0 Å². The van der Waals surface area contributed by atoms with Crippen molar-refractivity contribution in [3.63, 3.8) is 0 Å². The van der Waals surface area contributed by atoms with Crippen LogP contribution in [-0.2, 0) is 51.3 Å². The summed E-state index contributed by atoms with van der Waals surface area (Å²) < 4.78 is 6.29. The molecule has 0 saturated carbocycles. The van der Waals surface area contributed by atoms with Crippen LogP contribution < -0.4 is 26.6 Å². The third kappa shape index (κ3) is 20.6. The Bertz CT molecular complexity index is 2350. The second-order valence-corrected chi connectivity index (χ2v) is 17.8. The van der Waals surface area contributed by atoms with Crippen molar-refractivity contribution in [2.45, 2.75) is 63.2 Å². The van der Waals surface area contributed by atoms with Crippen molar-refractivity contribution in [3.05, 3.63) is 52.7 Å². The molecule has 0 unspecified atom stereocenters. The minimum absolute atomic E-state index is 0.0319. The van der Waals surface area contributed by atoms with E-state index in [2.05, 4.69) is 31.7 Å². The number of carboxylic acids is 6. The van der Waals surface area contributed by atoms with E-state index >= 15 is 0 Å². The molecular weight excluding hydrogens is 973 g/mol. The molecule has 1 fully saturated rings. The molecule has 72 heavy (non-hydrogen) atoms. The molecule has 11 N–H and O–H groups in total. The van der Waals surface area contributed by atoms with Crippen LogP contribution in [0.5, 0.6) is 0 Å². The van der Waals surface area contributed by atoms with Gasteiger partial charge in [0.05, 0.1) is 32.7 Å². The van der Waals surface area contributed by atoms with Gasteiger partial charge in [0.1, 0.15) is 18.1 Å². The number of aromatic nitrogens is 1. The van der Waals surface area contributed by atoms with Crippen molar-refractivity contribution < 1.29 is 83.1 Å². The molecule has 5 amide bonds. The van der Waals surface area contributed by atoms with Crippen LogP contribution in [0, 0.1) is 0 Å². The number of unbranched alkanes of at least 4 members (excludes halogenated alkanes) is 1. The van der Waals surface area contributed by atoms with Gasteiger partial charge in [-0.2, -0.15) is 0 Å². The van der Waals surface area contributed by atoms with Gasteiger partial charge in [0.25, 0.3) is 5.91 Å². The summed E-state index contributed by atoms with van der Waals surface area (Å²) in [7, 11) is 0. The fourth-order valence-electron chi connectivity index (χ4n) is 7.53. The fourth-order valence-corrected chi connectivity index (χ4v) is 8.51. The van der Waals surface area contributed by atoms with Crippen molar-refractivity contribution in [2.75, 3.05) is 85.1 Å². The topological polar surface area (TPSA) is 391 Å². The highest BCUT2D eigenvalue weighted by Crippen LogP contribution is 2.27. The number of nitrogens with one attached hydrogen (secondary N) is 5. The number of carbonyl (C=O) groups is 10. The van der Waals surface area contributed by atoms with Crippen LogP contribution in [0.2, 0.25) is 0 Å². The van der Waals surface area contributed by atoms with Crippen LogP contribution in [0.4, 0.5) is 4.79 Å². The quantitative estimate of drug-likeness (QED) is 0.0394. The van der Waals surface area contributed by atoms with E-state index in [1.165, 1.54) is 17.4 Å². The number of urea groups is 1. The number of benzene rings is 1. The number of nitrogens with zero attached hydrogens (tertiary/aromatic N) is 5. The lowest BCUT2D eigenvalue weighted by atomic mass is 10.0. The molecule has 2 aromatic heterocycles.